The number of imidazole rings is 1. The van der Waals surface area contributed by atoms with Gasteiger partial charge < -0.3 is 4.57 Å². The van der Waals surface area contributed by atoms with E-state index in [1.807, 2.05) is 0 Å². The van der Waals surface area contributed by atoms with Gasteiger partial charge in [-0.1, -0.05) is 13.3 Å². The van der Waals surface area contributed by atoms with Crippen molar-refractivity contribution in [3.63, 3.8) is 0 Å². The molecule has 43 heavy (non-hydrogen) atoms. The lowest BCUT2D eigenvalue weighted by atomic mass is 9.72. The van der Waals surface area contributed by atoms with E-state index in [-0.39, 0.29) is 23.7 Å². The molecule has 1 aliphatic heterocycles. The fourth-order valence-corrected chi connectivity index (χ4v) is 6.53. The summed E-state index contributed by atoms with van der Waals surface area (Å²) in [6, 6.07) is 4.34. The highest BCUT2D eigenvalue weighted by Gasteiger charge is 2.38. The molecule has 1 saturated carbocycles. The van der Waals surface area contributed by atoms with Gasteiger partial charge >= 0.3 is 18.0 Å². The van der Waals surface area contributed by atoms with E-state index >= 15 is 0 Å². The Labute approximate surface area is 243 Å². The summed E-state index contributed by atoms with van der Waals surface area (Å²) in [7, 11) is 1.71. The highest BCUT2D eigenvalue weighted by atomic mass is 19.4. The number of fused-ring (bicyclic) bond motifs is 1. The van der Waals surface area contributed by atoms with Crippen LogP contribution >= 0.6 is 0 Å². The van der Waals surface area contributed by atoms with E-state index in [1.54, 1.807) is 11.6 Å². The molecule has 4 heterocycles. The first-order valence-corrected chi connectivity index (χ1v) is 14.4. The molecule has 2 atom stereocenters. The zero-order valence-corrected chi connectivity index (χ0v) is 23.8. The second kappa shape index (κ2) is 10.8. The number of aromatic nitrogens is 5. The molecule has 0 amide bonds. The second-order valence-electron chi connectivity index (χ2n) is 12.1. The molecule has 7 nitrogen and oxygen atoms in total. The van der Waals surface area contributed by atoms with Crippen LogP contribution < -0.4 is 5.69 Å². The molecular formula is C30H32F6N6O. The molecule has 1 aliphatic carbocycles. The Hall–Kier alpha value is -3.61. The third-order valence-corrected chi connectivity index (χ3v) is 8.83. The van der Waals surface area contributed by atoms with Crippen molar-refractivity contribution in [2.45, 2.75) is 63.8 Å². The Bertz CT molecular complexity index is 1700. The van der Waals surface area contributed by atoms with Crippen molar-refractivity contribution in [2.75, 3.05) is 13.1 Å². The Kier molecular flexibility index (Phi) is 7.42. The van der Waals surface area contributed by atoms with Crippen molar-refractivity contribution in [1.82, 2.24) is 28.6 Å². The molecule has 3 aromatic heterocycles. The summed E-state index contributed by atoms with van der Waals surface area (Å²) in [6.07, 6.45) is -1.24. The van der Waals surface area contributed by atoms with Crippen molar-refractivity contribution >= 4 is 5.52 Å². The molecule has 1 saturated heterocycles. The zero-order chi connectivity index (χ0) is 30.7. The van der Waals surface area contributed by atoms with Crippen molar-refractivity contribution in [3.8, 4) is 5.69 Å². The van der Waals surface area contributed by atoms with Crippen LogP contribution in [-0.4, -0.2) is 41.7 Å². The zero-order valence-electron chi connectivity index (χ0n) is 23.8. The van der Waals surface area contributed by atoms with Gasteiger partial charge in [0.15, 0.2) is 0 Å². The summed E-state index contributed by atoms with van der Waals surface area (Å²) in [5.41, 5.74) is -2.87. The van der Waals surface area contributed by atoms with Crippen molar-refractivity contribution in [3.05, 3.63) is 81.5 Å². The number of likely N-dealkylation sites (tertiary alicyclic amines) is 1. The van der Waals surface area contributed by atoms with Gasteiger partial charge in [-0.05, 0) is 79.5 Å². The van der Waals surface area contributed by atoms with Gasteiger partial charge in [0.2, 0.25) is 0 Å². The monoisotopic (exact) mass is 606 g/mol. The molecule has 0 N–H and O–H groups in total. The molecule has 6 rings (SSSR count). The molecule has 0 spiro atoms. The molecule has 4 aromatic rings. The molecule has 0 bridgehead atoms. The van der Waals surface area contributed by atoms with E-state index in [9.17, 15) is 31.1 Å². The number of alkyl halides is 6. The number of aryl methyl sites for hydroxylation is 1. The number of pyridine rings is 1. The normalized spacial score (nSPS) is 19.6. The van der Waals surface area contributed by atoms with E-state index in [4.69, 9.17) is 0 Å². The van der Waals surface area contributed by atoms with Crippen LogP contribution in [0.3, 0.4) is 0 Å². The predicted octanol–water partition coefficient (Wildman–Crippen LogP) is 6.42. The Morgan fingerprint density at radius 1 is 0.977 bits per heavy atom. The molecule has 1 aromatic carbocycles. The minimum absolute atomic E-state index is 0.0148. The molecule has 1 unspecified atom stereocenters. The lowest BCUT2D eigenvalue weighted by molar-refractivity contribution is -0.138. The first-order chi connectivity index (χ1) is 20.3. The topological polar surface area (TPSA) is 60.4 Å². The lowest BCUT2D eigenvalue weighted by Crippen LogP contribution is -2.34. The maximum absolute atomic E-state index is 14.3. The van der Waals surface area contributed by atoms with Crippen LogP contribution in [0.15, 0.2) is 47.8 Å². The summed E-state index contributed by atoms with van der Waals surface area (Å²) < 4.78 is 88.9. The number of hydrogen-bond acceptors (Lipinski definition) is 4. The Morgan fingerprint density at radius 2 is 1.74 bits per heavy atom. The molecule has 230 valence electrons. The van der Waals surface area contributed by atoms with Crippen molar-refractivity contribution < 1.29 is 26.3 Å². The van der Waals surface area contributed by atoms with E-state index in [2.05, 4.69) is 22.0 Å². The van der Waals surface area contributed by atoms with E-state index in [1.165, 1.54) is 18.6 Å². The van der Waals surface area contributed by atoms with Gasteiger partial charge in [-0.2, -0.15) is 26.3 Å². The average molecular weight is 607 g/mol. The minimum Gasteiger partial charge on any atom is -0.320 e. The second-order valence-corrected chi connectivity index (χ2v) is 12.1. The lowest BCUT2D eigenvalue weighted by Gasteiger charge is -2.34. The molecule has 2 aliphatic rings. The summed E-state index contributed by atoms with van der Waals surface area (Å²) in [5, 5.41) is 8.09. The first-order valence-electron chi connectivity index (χ1n) is 14.4. The Balaban J connectivity index is 1.51. The number of benzene rings is 1. The van der Waals surface area contributed by atoms with E-state index in [0.29, 0.717) is 17.3 Å². The van der Waals surface area contributed by atoms with E-state index < -0.39 is 40.6 Å². The summed E-state index contributed by atoms with van der Waals surface area (Å²) in [6.45, 7) is 3.79. The average Bonchev–Trinajstić information content (AvgIpc) is 3.47. The van der Waals surface area contributed by atoms with Crippen molar-refractivity contribution in [2.24, 2.45) is 18.9 Å². The van der Waals surface area contributed by atoms with Crippen molar-refractivity contribution in [1.29, 1.82) is 0 Å². The number of rotatable bonds is 6. The first kappa shape index (κ1) is 29.5. The van der Waals surface area contributed by atoms with Gasteiger partial charge in [-0.15, -0.1) is 10.2 Å². The van der Waals surface area contributed by atoms with Gasteiger partial charge in [-0.25, -0.2) is 4.79 Å². The predicted molar refractivity (Wildman–Crippen MR) is 147 cm³/mol. The summed E-state index contributed by atoms with van der Waals surface area (Å²) in [4.78, 5) is 15.7. The van der Waals surface area contributed by atoms with Gasteiger partial charge in [0, 0.05) is 38.4 Å². The van der Waals surface area contributed by atoms with Gasteiger partial charge in [0.05, 0.1) is 22.3 Å². The van der Waals surface area contributed by atoms with Gasteiger partial charge in [0.25, 0.3) is 0 Å². The summed E-state index contributed by atoms with van der Waals surface area (Å²) >= 11 is 0. The minimum atomic E-state index is -4.78. The largest absolute Gasteiger partial charge is 0.418 e. The third kappa shape index (κ3) is 5.71. The quantitative estimate of drug-likeness (QED) is 0.238. The highest BCUT2D eigenvalue weighted by Crippen LogP contribution is 2.44. The molecule has 13 heteroatoms. The molecule has 2 fully saturated rings. The smallest absolute Gasteiger partial charge is 0.320 e. The van der Waals surface area contributed by atoms with Gasteiger partial charge in [0.1, 0.15) is 12.2 Å². The summed E-state index contributed by atoms with van der Waals surface area (Å²) in [5.74, 6) is 0.379. The number of piperidine rings is 1. The molecule has 0 radical (unpaired) electrons. The number of hydrogen-bond donors (Lipinski definition) is 0. The third-order valence-electron chi connectivity index (χ3n) is 8.83. The Morgan fingerprint density at radius 3 is 2.35 bits per heavy atom. The van der Waals surface area contributed by atoms with Crippen LogP contribution in [0.1, 0.15) is 73.0 Å². The van der Waals surface area contributed by atoms with Crippen LogP contribution in [0.2, 0.25) is 0 Å². The van der Waals surface area contributed by atoms with Gasteiger partial charge in [-0.3, -0.25) is 13.9 Å². The standard InChI is InChI=1S/C30H32F6N6O/c1-18-5-4-8-40(13-18)14-19-9-24(30(34,35)36)25-16-41(28(43)42(25)15-19)23-11-21(10-22(12-23)29(31,32)33)26(20-6-3-7-20)27-38-37-17-39(27)2/h9-12,15-18,20,26H,3-8,13-14H2,1-2H3/t18-,26?/m0/s1. The highest BCUT2D eigenvalue weighted by molar-refractivity contribution is 5.58. The van der Waals surface area contributed by atoms with Crippen LogP contribution in [0.4, 0.5) is 26.3 Å². The number of halogens is 6. The maximum Gasteiger partial charge on any atom is 0.418 e. The van der Waals surface area contributed by atoms with Crippen LogP contribution in [-0.2, 0) is 25.9 Å². The SMILES string of the molecule is C[C@H]1CCCN(Cc2cc(C(F)(F)F)c3cn(-c4cc(C(c5nncn5C)C5CCC5)cc(C(F)(F)F)c4)c(=O)n3c2)C1. The fraction of sp³-hybridized carbons (Fsp3) is 0.500. The van der Waals surface area contributed by atoms with Crippen LogP contribution in [0.5, 0.6) is 0 Å². The van der Waals surface area contributed by atoms with Crippen LogP contribution in [0, 0.1) is 11.8 Å². The van der Waals surface area contributed by atoms with Crippen LogP contribution in [0.25, 0.3) is 11.2 Å². The fourth-order valence-electron chi connectivity index (χ4n) is 6.53. The molecular weight excluding hydrogens is 574 g/mol. The maximum atomic E-state index is 14.3. The van der Waals surface area contributed by atoms with E-state index in [0.717, 1.165) is 78.6 Å². The number of nitrogens with zero attached hydrogens (tertiary/aromatic N) is 6.